The molecule has 1 aromatic carbocycles. The summed E-state index contributed by atoms with van der Waals surface area (Å²) in [6.07, 6.45) is -2.10. The second-order valence-electron chi connectivity index (χ2n) is 9.82. The number of aliphatic hydroxyl groups excluding tert-OH is 1. The maximum atomic E-state index is 15.3. The van der Waals surface area contributed by atoms with Crippen LogP contribution in [0, 0.1) is 20.8 Å². The van der Waals surface area contributed by atoms with Gasteiger partial charge in [0.2, 0.25) is 0 Å². The second kappa shape index (κ2) is 13.1. The lowest BCUT2D eigenvalue weighted by Crippen LogP contribution is -2.50. The number of nitrogens with zero attached hydrogens (tertiary/aromatic N) is 4. The topological polar surface area (TPSA) is 135 Å². The van der Waals surface area contributed by atoms with Gasteiger partial charge in [0.1, 0.15) is 36.2 Å². The first-order chi connectivity index (χ1) is 19.2. The number of nitrogens with one attached hydrogen (secondary N) is 2. The number of likely N-dealkylation sites (tertiary alicyclic amines) is 1. The van der Waals surface area contributed by atoms with E-state index in [1.54, 1.807) is 26.1 Å². The summed E-state index contributed by atoms with van der Waals surface area (Å²) in [7, 11) is 1.76. The van der Waals surface area contributed by atoms with Crippen molar-refractivity contribution in [2.45, 2.75) is 52.4 Å². The van der Waals surface area contributed by atoms with Gasteiger partial charge in [-0.15, -0.1) is 0 Å². The fraction of sp³-hybridized carbons (Fsp3) is 0.500. The van der Waals surface area contributed by atoms with E-state index in [4.69, 9.17) is 24.0 Å². The molecular formula is C28H37FN6O5. The van der Waals surface area contributed by atoms with Crippen molar-refractivity contribution in [1.82, 2.24) is 25.3 Å². The summed E-state index contributed by atoms with van der Waals surface area (Å²) in [6, 6.07) is 6.71. The van der Waals surface area contributed by atoms with E-state index in [0.717, 1.165) is 11.1 Å². The van der Waals surface area contributed by atoms with Gasteiger partial charge in [0.15, 0.2) is 5.82 Å². The lowest BCUT2D eigenvalue weighted by atomic mass is 10.0. The minimum atomic E-state index is -1.32. The molecule has 0 radical (unpaired) electrons. The second-order valence-corrected chi connectivity index (χ2v) is 9.82. The number of rotatable bonds is 10. The Bertz CT molecular complexity index is 1300. The molecule has 0 aliphatic carbocycles. The quantitative estimate of drug-likeness (QED) is 0.340. The predicted octanol–water partition coefficient (Wildman–Crippen LogP) is 3.66. The number of carbonyl (C=O) groups is 1. The van der Waals surface area contributed by atoms with E-state index in [1.807, 2.05) is 32.9 Å². The average Bonchev–Trinajstić information content (AvgIpc) is 3.27. The number of ether oxygens (including phenoxy) is 2. The molecule has 1 aliphatic heterocycles. The summed E-state index contributed by atoms with van der Waals surface area (Å²) in [5.41, 5.74) is 3.46. The van der Waals surface area contributed by atoms with Crippen LogP contribution in [0.25, 0.3) is 22.6 Å². The van der Waals surface area contributed by atoms with Gasteiger partial charge in [-0.05, 0) is 53.3 Å². The third-order valence-corrected chi connectivity index (χ3v) is 6.78. The van der Waals surface area contributed by atoms with E-state index in [2.05, 4.69) is 15.8 Å². The zero-order chi connectivity index (χ0) is 28.8. The number of aryl methyl sites for hydroxylation is 2. The van der Waals surface area contributed by atoms with Crippen LogP contribution in [0.3, 0.4) is 0 Å². The van der Waals surface area contributed by atoms with Crippen LogP contribution in [0.5, 0.6) is 5.75 Å². The highest BCUT2D eigenvalue weighted by molar-refractivity contribution is 5.75. The number of hydrogen-bond acceptors (Lipinski definition) is 10. The Morgan fingerprint density at radius 3 is 2.77 bits per heavy atom. The van der Waals surface area contributed by atoms with Crippen molar-refractivity contribution < 1.29 is 28.3 Å². The Hall–Kier alpha value is -3.77. The number of carbonyl (C=O) groups excluding carboxylic acids is 1. The number of likely N-dealkylation sites (N-methyl/N-ethyl adjacent to an activating group) is 1. The minimum Gasteiger partial charge on any atom is -0.491 e. The number of aromatic nitrogens is 3. The van der Waals surface area contributed by atoms with Crippen molar-refractivity contribution >= 4 is 11.9 Å². The van der Waals surface area contributed by atoms with Crippen molar-refractivity contribution in [1.29, 1.82) is 0 Å². The smallest absolute Gasteiger partial charge is 0.409 e. The SMILES string of the molecule is CCOC(=O)N1CCC(Nc2nc(-c3cccc(OCC(O)CNC)c3)nc(-c3c(C)noc3C)c2C)C(F)C1. The lowest BCUT2D eigenvalue weighted by Gasteiger charge is -2.35. The maximum absolute atomic E-state index is 15.3. The molecule has 0 bridgehead atoms. The van der Waals surface area contributed by atoms with Gasteiger partial charge in [-0.1, -0.05) is 17.3 Å². The molecule has 3 heterocycles. The first kappa shape index (κ1) is 29.2. The van der Waals surface area contributed by atoms with E-state index in [9.17, 15) is 9.90 Å². The molecule has 11 nitrogen and oxygen atoms in total. The van der Waals surface area contributed by atoms with Crippen LogP contribution in [0.2, 0.25) is 0 Å². The van der Waals surface area contributed by atoms with Crippen LogP contribution in [0.4, 0.5) is 15.0 Å². The molecule has 216 valence electrons. The zero-order valence-electron chi connectivity index (χ0n) is 23.5. The molecule has 3 N–H and O–H groups in total. The van der Waals surface area contributed by atoms with Gasteiger partial charge in [0.25, 0.3) is 0 Å². The van der Waals surface area contributed by atoms with Crippen molar-refractivity contribution in [3.63, 3.8) is 0 Å². The molecule has 40 heavy (non-hydrogen) atoms. The Morgan fingerprint density at radius 2 is 2.10 bits per heavy atom. The number of anilines is 1. The fourth-order valence-corrected chi connectivity index (χ4v) is 4.69. The number of piperidine rings is 1. The highest BCUT2D eigenvalue weighted by atomic mass is 19.1. The Kier molecular flexibility index (Phi) is 9.54. The number of benzene rings is 1. The highest BCUT2D eigenvalue weighted by Gasteiger charge is 2.33. The molecule has 1 amide bonds. The first-order valence-corrected chi connectivity index (χ1v) is 13.4. The number of halogens is 1. The number of amides is 1. The largest absolute Gasteiger partial charge is 0.491 e. The van der Waals surface area contributed by atoms with Gasteiger partial charge in [0.05, 0.1) is 36.1 Å². The van der Waals surface area contributed by atoms with Crippen LogP contribution < -0.4 is 15.4 Å². The molecule has 2 aromatic heterocycles. The monoisotopic (exact) mass is 556 g/mol. The van der Waals surface area contributed by atoms with Gasteiger partial charge < -0.3 is 34.6 Å². The molecule has 1 fully saturated rings. The maximum Gasteiger partial charge on any atom is 0.409 e. The molecular weight excluding hydrogens is 519 g/mol. The first-order valence-electron chi connectivity index (χ1n) is 13.4. The van der Waals surface area contributed by atoms with Crippen LogP contribution in [0.15, 0.2) is 28.8 Å². The van der Waals surface area contributed by atoms with Crippen LogP contribution in [0.1, 0.15) is 30.4 Å². The molecule has 1 aliphatic rings. The minimum absolute atomic E-state index is 0.0665. The summed E-state index contributed by atoms with van der Waals surface area (Å²) in [5.74, 6) is 2.05. The Morgan fingerprint density at radius 1 is 1.30 bits per heavy atom. The molecule has 0 saturated carbocycles. The Labute approximate surface area is 233 Å². The van der Waals surface area contributed by atoms with E-state index >= 15 is 4.39 Å². The van der Waals surface area contributed by atoms with E-state index in [1.165, 1.54) is 4.90 Å². The summed E-state index contributed by atoms with van der Waals surface area (Å²) in [5, 5.41) is 20.3. The average molecular weight is 557 g/mol. The van der Waals surface area contributed by atoms with Crippen LogP contribution in [-0.2, 0) is 4.74 Å². The van der Waals surface area contributed by atoms with Crippen molar-refractivity contribution in [3.8, 4) is 28.4 Å². The van der Waals surface area contributed by atoms with E-state index in [-0.39, 0.29) is 19.8 Å². The Balaban J connectivity index is 1.66. The third kappa shape index (κ3) is 6.68. The number of alkyl halides is 1. The molecule has 4 rings (SSSR count). The van der Waals surface area contributed by atoms with Gasteiger partial charge >= 0.3 is 6.09 Å². The zero-order valence-corrected chi connectivity index (χ0v) is 23.5. The summed E-state index contributed by atoms with van der Waals surface area (Å²) < 4.78 is 31.5. The summed E-state index contributed by atoms with van der Waals surface area (Å²) in [4.78, 5) is 23.2. The normalized spacial score (nSPS) is 17.9. The van der Waals surface area contributed by atoms with Crippen molar-refractivity contribution in [3.05, 3.63) is 41.3 Å². The van der Waals surface area contributed by atoms with Gasteiger partial charge in [0, 0.05) is 24.2 Å². The summed E-state index contributed by atoms with van der Waals surface area (Å²) in [6.45, 7) is 8.32. The highest BCUT2D eigenvalue weighted by Crippen LogP contribution is 2.34. The van der Waals surface area contributed by atoms with Gasteiger partial charge in [-0.25, -0.2) is 19.2 Å². The van der Waals surface area contributed by atoms with Gasteiger partial charge in [-0.2, -0.15) is 0 Å². The molecule has 3 unspecified atom stereocenters. The van der Waals surface area contributed by atoms with Gasteiger partial charge in [-0.3, -0.25) is 0 Å². The number of aliphatic hydroxyl groups is 1. The standard InChI is InChI=1S/C28H37FN6O5/c1-6-38-28(37)35-11-10-23(22(29)14-35)31-26-16(2)25(24-17(3)34-40-18(24)4)32-27(33-26)19-8-7-9-21(12-19)39-15-20(36)13-30-5/h7-9,12,20,22-23,30,36H,6,10-11,13-15H2,1-5H3,(H,31,32,33). The molecule has 1 saturated heterocycles. The van der Waals surface area contributed by atoms with E-state index < -0.39 is 24.4 Å². The summed E-state index contributed by atoms with van der Waals surface area (Å²) >= 11 is 0. The molecule has 3 atom stereocenters. The predicted molar refractivity (Wildman–Crippen MR) is 148 cm³/mol. The number of hydrogen-bond donors (Lipinski definition) is 3. The van der Waals surface area contributed by atoms with Crippen LogP contribution in [-0.4, -0.2) is 89.4 Å². The van der Waals surface area contributed by atoms with E-state index in [0.29, 0.717) is 59.6 Å². The fourth-order valence-electron chi connectivity index (χ4n) is 4.69. The molecule has 12 heteroatoms. The molecule has 3 aromatic rings. The van der Waals surface area contributed by atoms with Crippen LogP contribution >= 0.6 is 0 Å². The third-order valence-electron chi connectivity index (χ3n) is 6.78. The van der Waals surface area contributed by atoms with Crippen molar-refractivity contribution in [2.75, 3.05) is 45.2 Å². The lowest BCUT2D eigenvalue weighted by molar-refractivity contribution is 0.0760. The van der Waals surface area contributed by atoms with Crippen molar-refractivity contribution in [2.24, 2.45) is 0 Å². The molecule has 0 spiro atoms.